The zero-order chi connectivity index (χ0) is 21.1. The van der Waals surface area contributed by atoms with Gasteiger partial charge in [0.15, 0.2) is 0 Å². The molecule has 0 spiro atoms. The van der Waals surface area contributed by atoms with Crippen LogP contribution in [-0.4, -0.2) is 31.2 Å². The monoisotopic (exact) mass is 444 g/mol. The van der Waals surface area contributed by atoms with Crippen molar-refractivity contribution in [3.63, 3.8) is 0 Å². The van der Waals surface area contributed by atoms with Crippen molar-refractivity contribution in [1.29, 1.82) is 0 Å². The van der Waals surface area contributed by atoms with E-state index in [1.54, 1.807) is 35.7 Å². The van der Waals surface area contributed by atoms with Crippen LogP contribution in [0.1, 0.15) is 16.7 Å². The number of benzene rings is 2. The zero-order valence-electron chi connectivity index (χ0n) is 16.1. The maximum atomic E-state index is 13.8. The molecule has 2 heterocycles. The van der Waals surface area contributed by atoms with Gasteiger partial charge in [-0.2, -0.15) is 4.31 Å². The Morgan fingerprint density at radius 1 is 1.07 bits per heavy atom. The Bertz CT molecular complexity index is 1150. The molecule has 30 heavy (non-hydrogen) atoms. The third kappa shape index (κ3) is 4.16. The molecule has 1 aliphatic rings. The average molecular weight is 445 g/mol. The molecular weight excluding hydrogens is 423 g/mol. The van der Waals surface area contributed by atoms with Gasteiger partial charge < -0.3 is 5.32 Å². The van der Waals surface area contributed by atoms with Crippen LogP contribution in [0.2, 0.25) is 0 Å². The van der Waals surface area contributed by atoms with E-state index in [9.17, 15) is 17.6 Å². The van der Waals surface area contributed by atoms with Gasteiger partial charge in [0.05, 0.1) is 0 Å². The van der Waals surface area contributed by atoms with Crippen LogP contribution in [0.3, 0.4) is 0 Å². The predicted octanol–water partition coefficient (Wildman–Crippen LogP) is 3.36. The Balaban J connectivity index is 1.55. The van der Waals surface area contributed by atoms with Gasteiger partial charge >= 0.3 is 0 Å². The highest BCUT2D eigenvalue weighted by Crippen LogP contribution is 2.30. The molecule has 0 saturated carbocycles. The number of halogens is 1. The van der Waals surface area contributed by atoms with Gasteiger partial charge in [-0.25, -0.2) is 12.8 Å². The van der Waals surface area contributed by atoms with E-state index in [4.69, 9.17) is 0 Å². The number of carbonyl (C=O) groups is 1. The summed E-state index contributed by atoms with van der Waals surface area (Å²) in [6, 6.07) is 16.3. The number of fused-ring (bicyclic) bond motifs is 1. The molecule has 0 saturated heterocycles. The highest BCUT2D eigenvalue weighted by atomic mass is 32.2. The summed E-state index contributed by atoms with van der Waals surface area (Å²) in [4.78, 5) is 13.0. The third-order valence-corrected chi connectivity index (χ3v) is 8.45. The van der Waals surface area contributed by atoms with Crippen molar-refractivity contribution in [2.45, 2.75) is 29.6 Å². The SMILES string of the molecule is O=C(NCCc1ccccc1F)C1Cc2ccccc2CN1S(=O)(=O)c1cccs1. The quantitative estimate of drug-likeness (QED) is 0.634. The lowest BCUT2D eigenvalue weighted by Crippen LogP contribution is -2.52. The van der Waals surface area contributed by atoms with Crippen molar-refractivity contribution >= 4 is 27.3 Å². The Morgan fingerprint density at radius 3 is 2.53 bits per heavy atom. The van der Waals surface area contributed by atoms with E-state index in [1.807, 2.05) is 24.3 Å². The fourth-order valence-electron chi connectivity index (χ4n) is 3.64. The van der Waals surface area contributed by atoms with Gasteiger partial charge in [-0.3, -0.25) is 4.79 Å². The number of rotatable bonds is 6. The summed E-state index contributed by atoms with van der Waals surface area (Å²) < 4.78 is 41.7. The maximum Gasteiger partial charge on any atom is 0.253 e. The number of hydrogen-bond acceptors (Lipinski definition) is 4. The summed E-state index contributed by atoms with van der Waals surface area (Å²) in [5.74, 6) is -0.693. The Morgan fingerprint density at radius 2 is 1.80 bits per heavy atom. The fraction of sp³-hybridized carbons (Fsp3) is 0.227. The summed E-state index contributed by atoms with van der Waals surface area (Å²) in [6.07, 6.45) is 0.631. The number of sulfonamides is 1. The molecule has 1 aliphatic heterocycles. The van der Waals surface area contributed by atoms with Crippen LogP contribution in [0, 0.1) is 5.82 Å². The smallest absolute Gasteiger partial charge is 0.253 e. The highest BCUT2D eigenvalue weighted by molar-refractivity contribution is 7.91. The van der Waals surface area contributed by atoms with E-state index in [-0.39, 0.29) is 29.0 Å². The van der Waals surface area contributed by atoms with E-state index in [2.05, 4.69) is 5.32 Å². The molecule has 5 nitrogen and oxygen atoms in total. The second kappa shape index (κ2) is 8.67. The topological polar surface area (TPSA) is 66.5 Å². The van der Waals surface area contributed by atoms with Crippen molar-refractivity contribution in [2.75, 3.05) is 6.54 Å². The molecule has 0 fully saturated rings. The van der Waals surface area contributed by atoms with Crippen molar-refractivity contribution in [2.24, 2.45) is 0 Å². The molecule has 1 atom stereocenters. The average Bonchev–Trinajstić information content (AvgIpc) is 3.30. The van der Waals surface area contributed by atoms with Crippen LogP contribution < -0.4 is 5.32 Å². The van der Waals surface area contributed by atoms with Gasteiger partial charge in [-0.05, 0) is 47.0 Å². The number of nitrogens with zero attached hydrogens (tertiary/aromatic N) is 1. The summed E-state index contributed by atoms with van der Waals surface area (Å²) in [5.41, 5.74) is 2.37. The minimum Gasteiger partial charge on any atom is -0.354 e. The van der Waals surface area contributed by atoms with Crippen molar-refractivity contribution in [3.8, 4) is 0 Å². The molecule has 8 heteroatoms. The molecule has 1 unspecified atom stereocenters. The highest BCUT2D eigenvalue weighted by Gasteiger charge is 2.39. The molecule has 0 radical (unpaired) electrons. The standard InChI is InChI=1S/C22H21FN2O3S2/c23-19-9-4-3-6-16(19)11-12-24-22(26)20-14-17-7-1-2-8-18(17)15-25(20)30(27,28)21-10-5-13-29-21/h1-10,13,20H,11-12,14-15H2,(H,24,26). The van der Waals surface area contributed by atoms with Gasteiger partial charge in [-0.15, -0.1) is 11.3 Å². The van der Waals surface area contributed by atoms with Crippen LogP contribution in [0.25, 0.3) is 0 Å². The second-order valence-corrected chi connectivity index (χ2v) is 10.2. The van der Waals surface area contributed by atoms with E-state index < -0.39 is 16.1 Å². The molecule has 3 aromatic rings. The third-order valence-electron chi connectivity index (χ3n) is 5.22. The lowest BCUT2D eigenvalue weighted by atomic mass is 9.95. The van der Waals surface area contributed by atoms with E-state index in [0.717, 1.165) is 22.5 Å². The van der Waals surface area contributed by atoms with Gasteiger partial charge in [0.2, 0.25) is 5.91 Å². The van der Waals surface area contributed by atoms with E-state index in [0.29, 0.717) is 18.4 Å². The van der Waals surface area contributed by atoms with Gasteiger partial charge in [-0.1, -0.05) is 48.5 Å². The minimum atomic E-state index is -3.81. The van der Waals surface area contributed by atoms with Crippen LogP contribution in [0.5, 0.6) is 0 Å². The van der Waals surface area contributed by atoms with E-state index >= 15 is 0 Å². The molecular formula is C22H21FN2O3S2. The molecule has 4 rings (SSSR count). The van der Waals surface area contributed by atoms with Gasteiger partial charge in [0.1, 0.15) is 16.1 Å². The number of nitrogens with one attached hydrogen (secondary N) is 1. The van der Waals surface area contributed by atoms with Crippen molar-refractivity contribution in [1.82, 2.24) is 9.62 Å². The van der Waals surface area contributed by atoms with Crippen LogP contribution in [-0.2, 0) is 34.2 Å². The first-order chi connectivity index (χ1) is 14.5. The maximum absolute atomic E-state index is 13.8. The molecule has 2 aromatic carbocycles. The summed E-state index contributed by atoms with van der Waals surface area (Å²) >= 11 is 1.13. The Labute approximate surface area is 179 Å². The van der Waals surface area contributed by atoms with Gasteiger partial charge in [0.25, 0.3) is 10.0 Å². The molecule has 1 aromatic heterocycles. The van der Waals surface area contributed by atoms with Crippen molar-refractivity contribution in [3.05, 3.63) is 88.6 Å². The molecule has 0 bridgehead atoms. The first kappa shape index (κ1) is 20.7. The number of thiophene rings is 1. The fourth-order valence-corrected chi connectivity index (χ4v) is 6.32. The zero-order valence-corrected chi connectivity index (χ0v) is 17.8. The first-order valence-electron chi connectivity index (χ1n) is 9.60. The summed E-state index contributed by atoms with van der Waals surface area (Å²) in [7, 11) is -3.81. The lowest BCUT2D eigenvalue weighted by molar-refractivity contribution is -0.125. The summed E-state index contributed by atoms with van der Waals surface area (Å²) in [5, 5.41) is 4.50. The first-order valence-corrected chi connectivity index (χ1v) is 11.9. The minimum absolute atomic E-state index is 0.141. The van der Waals surface area contributed by atoms with Gasteiger partial charge in [0, 0.05) is 13.1 Å². The Hall–Kier alpha value is -2.55. The second-order valence-electron chi connectivity index (χ2n) is 7.10. The lowest BCUT2D eigenvalue weighted by Gasteiger charge is -2.34. The molecule has 156 valence electrons. The van der Waals surface area contributed by atoms with Crippen LogP contribution in [0.15, 0.2) is 70.3 Å². The largest absolute Gasteiger partial charge is 0.354 e. The van der Waals surface area contributed by atoms with Crippen molar-refractivity contribution < 1.29 is 17.6 Å². The van der Waals surface area contributed by atoms with Crippen LogP contribution in [0.4, 0.5) is 4.39 Å². The van der Waals surface area contributed by atoms with Crippen LogP contribution >= 0.6 is 11.3 Å². The van der Waals surface area contributed by atoms with E-state index in [1.165, 1.54) is 10.4 Å². The molecule has 0 aliphatic carbocycles. The Kier molecular flexibility index (Phi) is 5.99. The molecule has 1 N–H and O–H groups in total. The molecule has 1 amide bonds. The number of carbonyl (C=O) groups excluding carboxylic acids is 1. The number of amides is 1. The predicted molar refractivity (Wildman–Crippen MR) is 114 cm³/mol. The summed E-state index contributed by atoms with van der Waals surface area (Å²) in [6.45, 7) is 0.368. The number of hydrogen-bond donors (Lipinski definition) is 1. The normalized spacial score (nSPS) is 16.8.